The van der Waals surface area contributed by atoms with Gasteiger partial charge in [0.05, 0.1) is 15.7 Å². The summed E-state index contributed by atoms with van der Waals surface area (Å²) in [6.07, 6.45) is 6.25. The first-order valence-electron chi connectivity index (χ1n) is 13.0. The van der Waals surface area contributed by atoms with Gasteiger partial charge >= 0.3 is 0 Å². The molecule has 0 unspecified atom stereocenters. The van der Waals surface area contributed by atoms with Crippen molar-refractivity contribution in [2.75, 3.05) is 25.5 Å². The van der Waals surface area contributed by atoms with Crippen molar-refractivity contribution < 1.29 is 0 Å². The lowest BCUT2D eigenvalue weighted by molar-refractivity contribution is 0.332. The van der Waals surface area contributed by atoms with E-state index in [0.29, 0.717) is 16.0 Å². The van der Waals surface area contributed by atoms with Crippen molar-refractivity contribution in [1.29, 1.82) is 0 Å². The third-order valence-electron chi connectivity index (χ3n) is 7.08. The maximum absolute atomic E-state index is 6.36. The number of hydrogen-bond acceptors (Lipinski definition) is 4. The fourth-order valence-corrected chi connectivity index (χ4v) is 5.32. The zero-order chi connectivity index (χ0) is 25.8. The number of nitrogens with one attached hydrogen (secondary N) is 1. The molecule has 1 atom stereocenters. The number of unbranched alkanes of at least 4 members (excludes halogenated alkanes) is 1. The SMILES string of the molecule is CCCCN(C)CCc1cccc(Nc2ncc3c(n2)-c2ccccc2[C@H](c2ccc(Cl)c(Cl)c2)C3)c1. The third kappa shape index (κ3) is 5.98. The smallest absolute Gasteiger partial charge is 0.227 e. The van der Waals surface area contributed by atoms with E-state index >= 15 is 0 Å². The molecular weight excluding hydrogens is 499 g/mol. The van der Waals surface area contributed by atoms with Crippen molar-refractivity contribution in [3.63, 3.8) is 0 Å². The van der Waals surface area contributed by atoms with E-state index in [1.807, 2.05) is 18.3 Å². The molecule has 0 radical (unpaired) electrons. The fourth-order valence-electron chi connectivity index (χ4n) is 5.02. The number of likely N-dealkylation sites (N-methyl/N-ethyl adjacent to an activating group) is 1. The quantitative estimate of drug-likeness (QED) is 0.237. The lowest BCUT2D eigenvalue weighted by Crippen LogP contribution is -2.22. The second-order valence-corrected chi connectivity index (χ2v) is 10.6. The molecule has 1 N–H and O–H groups in total. The predicted octanol–water partition coefficient (Wildman–Crippen LogP) is 8.16. The predicted molar refractivity (Wildman–Crippen MR) is 155 cm³/mol. The molecule has 190 valence electrons. The van der Waals surface area contributed by atoms with Gasteiger partial charge in [0.1, 0.15) is 0 Å². The Morgan fingerprint density at radius 1 is 0.973 bits per heavy atom. The number of rotatable bonds is 9. The lowest BCUT2D eigenvalue weighted by atomic mass is 9.78. The Morgan fingerprint density at radius 3 is 2.68 bits per heavy atom. The monoisotopic (exact) mass is 530 g/mol. The summed E-state index contributed by atoms with van der Waals surface area (Å²) in [6, 6.07) is 22.9. The van der Waals surface area contributed by atoms with Crippen LogP contribution in [-0.4, -0.2) is 35.0 Å². The van der Waals surface area contributed by atoms with Crippen molar-refractivity contribution in [1.82, 2.24) is 14.9 Å². The Balaban J connectivity index is 1.36. The normalized spacial score (nSPS) is 14.4. The Bertz CT molecular complexity index is 1390. The van der Waals surface area contributed by atoms with Crippen LogP contribution in [0.4, 0.5) is 11.6 Å². The van der Waals surface area contributed by atoms with Crippen LogP contribution in [0.3, 0.4) is 0 Å². The largest absolute Gasteiger partial charge is 0.324 e. The molecule has 6 heteroatoms. The van der Waals surface area contributed by atoms with E-state index < -0.39 is 0 Å². The molecular formula is C31H32Cl2N4. The highest BCUT2D eigenvalue weighted by molar-refractivity contribution is 6.42. The van der Waals surface area contributed by atoms with Gasteiger partial charge in [-0.2, -0.15) is 0 Å². The molecule has 1 aliphatic carbocycles. The van der Waals surface area contributed by atoms with Crippen molar-refractivity contribution in [3.05, 3.63) is 105 Å². The summed E-state index contributed by atoms with van der Waals surface area (Å²) < 4.78 is 0. The summed E-state index contributed by atoms with van der Waals surface area (Å²) in [6.45, 7) is 4.43. The average Bonchev–Trinajstić information content (AvgIpc) is 2.92. The molecule has 3 aromatic carbocycles. The molecule has 1 aliphatic rings. The van der Waals surface area contributed by atoms with Gasteiger partial charge in [0.2, 0.25) is 5.95 Å². The standard InChI is InChI=1S/C31H32Cl2N4/c1-3-4-15-37(2)16-14-21-8-7-9-24(17-21)35-31-34-20-23-18-27(22-12-13-28(32)29(33)19-22)25-10-5-6-11-26(25)30(23)36-31/h5-13,17,19-20,27H,3-4,14-16,18H2,1-2H3,(H,34,35,36)/t27-/m0/s1. The van der Waals surface area contributed by atoms with Crippen molar-refractivity contribution in [2.24, 2.45) is 0 Å². The van der Waals surface area contributed by atoms with Crippen LogP contribution < -0.4 is 5.32 Å². The topological polar surface area (TPSA) is 41.0 Å². The number of nitrogens with zero attached hydrogens (tertiary/aromatic N) is 3. The van der Waals surface area contributed by atoms with Gasteiger partial charge in [0, 0.05) is 29.9 Å². The van der Waals surface area contributed by atoms with Crippen LogP contribution in [0.25, 0.3) is 11.3 Å². The van der Waals surface area contributed by atoms with E-state index in [-0.39, 0.29) is 5.92 Å². The molecule has 37 heavy (non-hydrogen) atoms. The summed E-state index contributed by atoms with van der Waals surface area (Å²) >= 11 is 12.5. The Kier molecular flexibility index (Phi) is 8.09. The Hall–Kier alpha value is -2.92. The van der Waals surface area contributed by atoms with Gasteiger partial charge in [0.25, 0.3) is 0 Å². The van der Waals surface area contributed by atoms with Crippen LogP contribution in [-0.2, 0) is 12.8 Å². The zero-order valence-electron chi connectivity index (χ0n) is 21.3. The van der Waals surface area contributed by atoms with E-state index in [0.717, 1.165) is 54.0 Å². The van der Waals surface area contributed by atoms with E-state index in [2.05, 4.69) is 83.8 Å². The first kappa shape index (κ1) is 25.7. The maximum atomic E-state index is 6.36. The number of anilines is 2. The fraction of sp³-hybridized carbons (Fsp3) is 0.290. The van der Waals surface area contributed by atoms with Gasteiger partial charge in [-0.3, -0.25) is 0 Å². The summed E-state index contributed by atoms with van der Waals surface area (Å²) in [5.41, 5.74) is 7.95. The Labute approximate surface area is 229 Å². The van der Waals surface area contributed by atoms with Crippen molar-refractivity contribution in [2.45, 2.75) is 38.5 Å². The van der Waals surface area contributed by atoms with E-state index in [9.17, 15) is 0 Å². The highest BCUT2D eigenvalue weighted by atomic mass is 35.5. The van der Waals surface area contributed by atoms with Crippen LogP contribution in [0.5, 0.6) is 0 Å². The minimum absolute atomic E-state index is 0.174. The maximum Gasteiger partial charge on any atom is 0.227 e. The van der Waals surface area contributed by atoms with Crippen LogP contribution in [0.15, 0.2) is 72.9 Å². The van der Waals surface area contributed by atoms with E-state index in [1.165, 1.54) is 24.0 Å². The molecule has 0 aliphatic heterocycles. The molecule has 1 aromatic heterocycles. The molecule has 4 aromatic rings. The zero-order valence-corrected chi connectivity index (χ0v) is 22.9. The molecule has 0 saturated carbocycles. The summed E-state index contributed by atoms with van der Waals surface area (Å²) in [5, 5.41) is 4.58. The summed E-state index contributed by atoms with van der Waals surface area (Å²) in [5.74, 6) is 0.784. The molecule has 5 rings (SSSR count). The second kappa shape index (κ2) is 11.6. The summed E-state index contributed by atoms with van der Waals surface area (Å²) in [7, 11) is 2.20. The molecule has 0 fully saturated rings. The van der Waals surface area contributed by atoms with E-state index in [4.69, 9.17) is 28.2 Å². The highest BCUT2D eigenvalue weighted by Crippen LogP contribution is 2.43. The molecule has 0 spiro atoms. The number of fused-ring (bicyclic) bond motifs is 3. The molecule has 0 amide bonds. The minimum Gasteiger partial charge on any atom is -0.324 e. The molecule has 0 bridgehead atoms. The van der Waals surface area contributed by atoms with Gasteiger partial charge in [0.15, 0.2) is 0 Å². The number of halogens is 2. The van der Waals surface area contributed by atoms with Crippen LogP contribution >= 0.6 is 23.2 Å². The minimum atomic E-state index is 0.174. The van der Waals surface area contributed by atoms with Crippen LogP contribution in [0.2, 0.25) is 10.0 Å². The molecule has 4 nitrogen and oxygen atoms in total. The first-order valence-corrected chi connectivity index (χ1v) is 13.7. The Morgan fingerprint density at radius 2 is 1.84 bits per heavy atom. The third-order valence-corrected chi connectivity index (χ3v) is 7.82. The lowest BCUT2D eigenvalue weighted by Gasteiger charge is -2.27. The first-order chi connectivity index (χ1) is 18.0. The van der Waals surface area contributed by atoms with Gasteiger partial charge in [-0.25, -0.2) is 9.97 Å². The van der Waals surface area contributed by atoms with Crippen molar-refractivity contribution >= 4 is 34.8 Å². The van der Waals surface area contributed by atoms with E-state index in [1.54, 1.807) is 0 Å². The average molecular weight is 532 g/mol. The van der Waals surface area contributed by atoms with Gasteiger partial charge in [-0.05, 0) is 79.4 Å². The van der Waals surface area contributed by atoms with Gasteiger partial charge in [-0.1, -0.05) is 79.0 Å². The number of aromatic nitrogens is 2. The molecule has 0 saturated heterocycles. The van der Waals surface area contributed by atoms with Crippen LogP contribution in [0, 0.1) is 0 Å². The van der Waals surface area contributed by atoms with Crippen molar-refractivity contribution in [3.8, 4) is 11.3 Å². The number of hydrogen-bond donors (Lipinski definition) is 1. The highest BCUT2D eigenvalue weighted by Gasteiger charge is 2.27. The van der Waals surface area contributed by atoms with Gasteiger partial charge in [-0.15, -0.1) is 0 Å². The van der Waals surface area contributed by atoms with Gasteiger partial charge < -0.3 is 10.2 Å². The summed E-state index contributed by atoms with van der Waals surface area (Å²) in [4.78, 5) is 12.1. The second-order valence-electron chi connectivity index (χ2n) is 9.82. The number of benzene rings is 3. The van der Waals surface area contributed by atoms with Crippen LogP contribution in [0.1, 0.15) is 47.9 Å². The molecule has 1 heterocycles.